The number of hydrogen-bond acceptors (Lipinski definition) is 1. The Balaban J connectivity index is 2.16. The van der Waals surface area contributed by atoms with Crippen LogP contribution in [0.3, 0.4) is 0 Å². The van der Waals surface area contributed by atoms with Crippen molar-refractivity contribution in [2.24, 2.45) is 11.8 Å². The second-order valence-electron chi connectivity index (χ2n) is 5.73. The van der Waals surface area contributed by atoms with Crippen molar-refractivity contribution in [1.29, 1.82) is 0 Å². The zero-order valence-corrected chi connectivity index (χ0v) is 14.7. The van der Waals surface area contributed by atoms with Crippen LogP contribution in [0.1, 0.15) is 51.1 Å². The molecule has 19 heavy (non-hydrogen) atoms. The van der Waals surface area contributed by atoms with Crippen molar-refractivity contribution >= 4 is 34.2 Å². The number of halogens is 2. The number of benzene rings is 1. The van der Waals surface area contributed by atoms with Crippen LogP contribution in [0.2, 0.25) is 5.02 Å². The van der Waals surface area contributed by atoms with Gasteiger partial charge in [0.25, 0.3) is 0 Å². The monoisotopic (exact) mass is 391 g/mol. The summed E-state index contributed by atoms with van der Waals surface area (Å²) in [6, 6.07) is 6.98. The van der Waals surface area contributed by atoms with Gasteiger partial charge in [-0.2, -0.15) is 0 Å². The minimum atomic E-state index is 0.465. The first-order chi connectivity index (χ1) is 9.11. The molecule has 106 valence electrons. The maximum atomic E-state index is 6.28. The van der Waals surface area contributed by atoms with Crippen LogP contribution in [0, 0.1) is 15.4 Å². The van der Waals surface area contributed by atoms with E-state index in [1.165, 1.54) is 31.2 Å². The third kappa shape index (κ3) is 4.08. The Morgan fingerprint density at radius 3 is 2.58 bits per heavy atom. The Labute approximate surface area is 135 Å². The van der Waals surface area contributed by atoms with Gasteiger partial charge in [0, 0.05) is 9.61 Å². The molecule has 1 saturated carbocycles. The van der Waals surface area contributed by atoms with Crippen LogP contribution in [0.4, 0.5) is 0 Å². The van der Waals surface area contributed by atoms with Crippen molar-refractivity contribution in [1.82, 2.24) is 5.32 Å². The van der Waals surface area contributed by atoms with Crippen LogP contribution in [0.5, 0.6) is 0 Å². The summed E-state index contributed by atoms with van der Waals surface area (Å²) in [7, 11) is 0. The zero-order valence-electron chi connectivity index (χ0n) is 11.8. The van der Waals surface area contributed by atoms with Crippen molar-refractivity contribution in [3.63, 3.8) is 0 Å². The van der Waals surface area contributed by atoms with Gasteiger partial charge >= 0.3 is 0 Å². The molecule has 0 heterocycles. The molecule has 0 bridgehead atoms. The normalized spacial score (nSPS) is 25.3. The lowest BCUT2D eigenvalue weighted by atomic mass is 9.77. The van der Waals surface area contributed by atoms with Crippen LogP contribution >= 0.6 is 34.2 Å². The lowest BCUT2D eigenvalue weighted by Crippen LogP contribution is -2.30. The van der Waals surface area contributed by atoms with Crippen molar-refractivity contribution in [3.8, 4) is 0 Å². The highest BCUT2D eigenvalue weighted by molar-refractivity contribution is 14.1. The minimum absolute atomic E-state index is 0.465. The summed E-state index contributed by atoms with van der Waals surface area (Å²) < 4.78 is 1.13. The average Bonchev–Trinajstić information content (AvgIpc) is 2.41. The minimum Gasteiger partial charge on any atom is -0.310 e. The Bertz CT molecular complexity index is 413. The molecule has 0 spiro atoms. The highest BCUT2D eigenvalue weighted by Gasteiger charge is 2.26. The smallest absolute Gasteiger partial charge is 0.0542 e. The summed E-state index contributed by atoms with van der Waals surface area (Å²) >= 11 is 8.58. The largest absolute Gasteiger partial charge is 0.310 e. The first kappa shape index (κ1) is 15.6. The van der Waals surface area contributed by atoms with E-state index in [4.69, 9.17) is 11.6 Å². The Morgan fingerprint density at radius 1 is 1.32 bits per heavy atom. The molecular weight excluding hydrogens is 369 g/mol. The third-order valence-corrected chi connectivity index (χ3v) is 5.83. The van der Waals surface area contributed by atoms with E-state index >= 15 is 0 Å². The highest BCUT2D eigenvalue weighted by atomic mass is 127. The third-order valence-electron chi connectivity index (χ3n) is 4.26. The second-order valence-corrected chi connectivity index (χ2v) is 7.30. The van der Waals surface area contributed by atoms with Crippen molar-refractivity contribution in [2.45, 2.75) is 45.6 Å². The Morgan fingerprint density at radius 2 is 2.00 bits per heavy atom. The molecule has 1 unspecified atom stereocenters. The van der Waals surface area contributed by atoms with Gasteiger partial charge in [-0.1, -0.05) is 44.4 Å². The molecule has 1 fully saturated rings. The summed E-state index contributed by atoms with van der Waals surface area (Å²) in [6.45, 7) is 5.58. The molecule has 3 heteroatoms. The lowest BCUT2D eigenvalue weighted by Gasteiger charge is -2.33. The molecule has 1 atom stereocenters. The van der Waals surface area contributed by atoms with E-state index in [0.29, 0.717) is 6.04 Å². The molecule has 1 N–H and O–H groups in total. The topological polar surface area (TPSA) is 12.0 Å². The summed E-state index contributed by atoms with van der Waals surface area (Å²) in [6.07, 6.45) is 5.40. The van der Waals surface area contributed by atoms with Gasteiger partial charge < -0.3 is 5.32 Å². The summed E-state index contributed by atoms with van der Waals surface area (Å²) in [5.74, 6) is 1.66. The summed E-state index contributed by atoms with van der Waals surface area (Å²) in [5, 5.41) is 4.55. The molecule has 1 aromatic rings. The van der Waals surface area contributed by atoms with E-state index in [1.807, 2.05) is 0 Å². The fourth-order valence-corrected chi connectivity index (χ4v) is 3.63. The average molecular weight is 392 g/mol. The predicted octanol–water partition coefficient (Wildman–Crippen LogP) is 5.42. The van der Waals surface area contributed by atoms with Gasteiger partial charge in [0.15, 0.2) is 0 Å². The van der Waals surface area contributed by atoms with Crippen LogP contribution in [0.25, 0.3) is 0 Å². The first-order valence-corrected chi connectivity index (χ1v) is 8.75. The molecule has 0 amide bonds. The maximum absolute atomic E-state index is 6.28. The fourth-order valence-electron chi connectivity index (χ4n) is 3.10. The van der Waals surface area contributed by atoms with E-state index in [9.17, 15) is 0 Å². The quantitative estimate of drug-likeness (QED) is 0.676. The number of nitrogens with one attached hydrogen (secondary N) is 1. The van der Waals surface area contributed by atoms with Crippen molar-refractivity contribution in [2.75, 3.05) is 6.54 Å². The van der Waals surface area contributed by atoms with E-state index in [-0.39, 0.29) is 0 Å². The van der Waals surface area contributed by atoms with Crippen LogP contribution < -0.4 is 5.32 Å². The van der Waals surface area contributed by atoms with Crippen molar-refractivity contribution < 1.29 is 0 Å². The van der Waals surface area contributed by atoms with Gasteiger partial charge in [-0.25, -0.2) is 0 Å². The summed E-state index contributed by atoms with van der Waals surface area (Å²) in [4.78, 5) is 0. The molecule has 0 aliphatic heterocycles. The Hall–Kier alpha value is 0.200. The standard InChI is InChI=1S/C16H23ClIN/c1-3-19-16(12-6-4-11(2)5-7-12)13-8-9-15(18)14(17)10-13/h8-12,16,19H,3-7H2,1-2H3. The molecule has 1 aliphatic carbocycles. The van der Waals surface area contributed by atoms with Gasteiger partial charge in [-0.05, 0) is 71.5 Å². The summed E-state index contributed by atoms with van der Waals surface area (Å²) in [5.41, 5.74) is 1.35. The molecule has 0 saturated heterocycles. The molecule has 0 radical (unpaired) electrons. The van der Waals surface area contributed by atoms with E-state index in [2.05, 4.69) is 60.0 Å². The SMILES string of the molecule is CCNC(c1ccc(I)c(Cl)c1)C1CCC(C)CC1. The molecule has 2 rings (SSSR count). The number of rotatable bonds is 4. The lowest BCUT2D eigenvalue weighted by molar-refractivity contribution is 0.233. The van der Waals surface area contributed by atoms with Gasteiger partial charge in [0.05, 0.1) is 5.02 Å². The van der Waals surface area contributed by atoms with Gasteiger partial charge in [-0.15, -0.1) is 0 Å². The van der Waals surface area contributed by atoms with E-state index in [0.717, 1.165) is 27.0 Å². The fraction of sp³-hybridized carbons (Fsp3) is 0.625. The van der Waals surface area contributed by atoms with Crippen LogP contribution in [-0.2, 0) is 0 Å². The van der Waals surface area contributed by atoms with Crippen molar-refractivity contribution in [3.05, 3.63) is 32.4 Å². The zero-order chi connectivity index (χ0) is 13.8. The number of hydrogen-bond donors (Lipinski definition) is 1. The Kier molecular flexibility index (Phi) is 5.97. The first-order valence-electron chi connectivity index (χ1n) is 7.30. The van der Waals surface area contributed by atoms with Gasteiger partial charge in [0.2, 0.25) is 0 Å². The molecule has 1 nitrogen and oxygen atoms in total. The molecule has 1 aromatic carbocycles. The molecular formula is C16H23ClIN. The second kappa shape index (κ2) is 7.28. The van der Waals surface area contributed by atoms with Gasteiger partial charge in [-0.3, -0.25) is 0 Å². The molecule has 0 aromatic heterocycles. The van der Waals surface area contributed by atoms with E-state index in [1.54, 1.807) is 0 Å². The van der Waals surface area contributed by atoms with Crippen LogP contribution in [-0.4, -0.2) is 6.54 Å². The maximum Gasteiger partial charge on any atom is 0.0542 e. The molecule has 1 aliphatic rings. The van der Waals surface area contributed by atoms with E-state index < -0.39 is 0 Å². The van der Waals surface area contributed by atoms with Gasteiger partial charge in [0.1, 0.15) is 0 Å². The highest BCUT2D eigenvalue weighted by Crippen LogP contribution is 2.37. The van der Waals surface area contributed by atoms with Crippen LogP contribution in [0.15, 0.2) is 18.2 Å². The predicted molar refractivity (Wildman–Crippen MR) is 91.7 cm³/mol.